The third-order valence-electron chi connectivity index (χ3n) is 6.37. The molecule has 124 valence electrons. The van der Waals surface area contributed by atoms with E-state index in [2.05, 4.69) is 33.4 Å². The molecule has 0 aromatic heterocycles. The van der Waals surface area contributed by atoms with Gasteiger partial charge < -0.3 is 5.32 Å². The van der Waals surface area contributed by atoms with Crippen LogP contribution in [-0.2, 0) is 9.59 Å². The lowest BCUT2D eigenvalue weighted by molar-refractivity contribution is -0.139. The largest absolute Gasteiger partial charge is 0.367 e. The first kappa shape index (κ1) is 14.7. The van der Waals surface area contributed by atoms with Crippen molar-refractivity contribution in [3.63, 3.8) is 0 Å². The lowest BCUT2D eigenvalue weighted by Gasteiger charge is -2.37. The fourth-order valence-corrected chi connectivity index (χ4v) is 5.64. The zero-order valence-corrected chi connectivity index (χ0v) is 15.0. The van der Waals surface area contributed by atoms with Crippen molar-refractivity contribution in [1.29, 1.82) is 0 Å². The Morgan fingerprint density at radius 2 is 1.75 bits per heavy atom. The zero-order chi connectivity index (χ0) is 16.6. The van der Waals surface area contributed by atoms with Gasteiger partial charge >= 0.3 is 0 Å². The number of halogens is 1. The van der Waals surface area contributed by atoms with Gasteiger partial charge in [0, 0.05) is 10.2 Å². The summed E-state index contributed by atoms with van der Waals surface area (Å²) < 4.78 is 1.02. The highest BCUT2D eigenvalue weighted by Gasteiger charge is 2.66. The van der Waals surface area contributed by atoms with Crippen molar-refractivity contribution in [3.05, 3.63) is 40.4 Å². The van der Waals surface area contributed by atoms with Crippen molar-refractivity contribution >= 4 is 33.4 Å². The molecule has 6 rings (SSSR count). The first-order valence-electron chi connectivity index (χ1n) is 8.60. The Kier molecular flexibility index (Phi) is 3.03. The second-order valence-corrected chi connectivity index (χ2v) is 8.47. The maximum atomic E-state index is 12.9. The Morgan fingerprint density at radius 1 is 1.12 bits per heavy atom. The minimum atomic E-state index is -0.107. The number of aryl methyl sites for hydroxylation is 1. The molecule has 2 amide bonds. The van der Waals surface area contributed by atoms with E-state index in [4.69, 9.17) is 0 Å². The van der Waals surface area contributed by atoms with E-state index in [-0.39, 0.29) is 30.3 Å². The number of anilines is 1. The first-order chi connectivity index (χ1) is 11.6. The molecule has 5 heteroatoms. The summed E-state index contributed by atoms with van der Waals surface area (Å²) >= 11 is 3.45. The van der Waals surface area contributed by atoms with Gasteiger partial charge in [-0.05, 0) is 60.8 Å². The van der Waals surface area contributed by atoms with Gasteiger partial charge in [0.2, 0.25) is 11.8 Å². The summed E-state index contributed by atoms with van der Waals surface area (Å²) in [4.78, 5) is 27.2. The molecule has 1 saturated heterocycles. The van der Waals surface area contributed by atoms with Crippen LogP contribution in [0.25, 0.3) is 0 Å². The maximum Gasteiger partial charge on any atom is 0.235 e. The normalized spacial score (nSPS) is 38.3. The molecule has 1 aliphatic heterocycles. The van der Waals surface area contributed by atoms with E-state index in [9.17, 15) is 9.59 Å². The molecule has 3 fully saturated rings. The molecule has 0 radical (unpaired) electrons. The van der Waals surface area contributed by atoms with Crippen molar-refractivity contribution in [3.8, 4) is 0 Å². The van der Waals surface area contributed by atoms with Gasteiger partial charge in [0.1, 0.15) is 0 Å². The number of nitrogens with zero attached hydrogens (tertiary/aromatic N) is 1. The van der Waals surface area contributed by atoms with Crippen LogP contribution in [0.4, 0.5) is 5.69 Å². The molecule has 4 nitrogen and oxygen atoms in total. The SMILES string of the molecule is Cc1cc(Br)ccc1NCN1C(=O)[C@@H]2[C@@H]3C=C[C@H]([C@@H]4C[C@H]34)[C@@H]2C1=O. The molecule has 2 saturated carbocycles. The number of benzene rings is 1. The van der Waals surface area contributed by atoms with Gasteiger partial charge in [0.25, 0.3) is 0 Å². The molecule has 5 aliphatic rings. The molecule has 0 spiro atoms. The van der Waals surface area contributed by atoms with Crippen LogP contribution in [-0.4, -0.2) is 23.4 Å². The highest BCUT2D eigenvalue weighted by atomic mass is 79.9. The van der Waals surface area contributed by atoms with Crippen LogP contribution < -0.4 is 5.32 Å². The van der Waals surface area contributed by atoms with Crippen molar-refractivity contribution in [2.75, 3.05) is 12.0 Å². The summed E-state index contributed by atoms with van der Waals surface area (Å²) in [6.45, 7) is 2.28. The van der Waals surface area contributed by atoms with Crippen molar-refractivity contribution in [2.24, 2.45) is 35.5 Å². The van der Waals surface area contributed by atoms with Crippen LogP contribution in [0.15, 0.2) is 34.8 Å². The Hall–Kier alpha value is -1.62. The molecule has 6 atom stereocenters. The molecular weight excluding hydrogens is 368 g/mol. The molecule has 1 aromatic rings. The van der Waals surface area contributed by atoms with Gasteiger partial charge in [-0.3, -0.25) is 14.5 Å². The highest BCUT2D eigenvalue weighted by Crippen LogP contribution is 2.65. The minimum absolute atomic E-state index is 0.0250. The summed E-state index contributed by atoms with van der Waals surface area (Å²) in [7, 11) is 0. The van der Waals surface area contributed by atoms with E-state index in [1.807, 2.05) is 25.1 Å². The number of nitrogens with one attached hydrogen (secondary N) is 1. The number of allylic oxidation sites excluding steroid dienone is 2. The Balaban J connectivity index is 1.37. The fraction of sp³-hybridized carbons (Fsp3) is 0.474. The van der Waals surface area contributed by atoms with Gasteiger partial charge in [-0.1, -0.05) is 28.1 Å². The second-order valence-electron chi connectivity index (χ2n) is 7.55. The van der Waals surface area contributed by atoms with Gasteiger partial charge in [-0.25, -0.2) is 0 Å². The lowest BCUT2D eigenvalue weighted by Crippen LogP contribution is -2.40. The topological polar surface area (TPSA) is 49.4 Å². The molecule has 1 N–H and O–H groups in total. The average Bonchev–Trinajstić information content (AvgIpc) is 3.33. The third kappa shape index (κ3) is 1.91. The molecular formula is C19H19BrN2O2. The Morgan fingerprint density at radius 3 is 2.33 bits per heavy atom. The van der Waals surface area contributed by atoms with E-state index in [0.29, 0.717) is 23.7 Å². The quantitative estimate of drug-likeness (QED) is 0.640. The van der Waals surface area contributed by atoms with Crippen LogP contribution >= 0.6 is 15.9 Å². The van der Waals surface area contributed by atoms with E-state index in [1.165, 1.54) is 11.3 Å². The number of imide groups is 1. The van der Waals surface area contributed by atoms with Gasteiger partial charge in [-0.15, -0.1) is 0 Å². The number of carbonyl (C=O) groups is 2. The number of hydrogen-bond acceptors (Lipinski definition) is 3. The summed E-state index contributed by atoms with van der Waals surface area (Å²) in [5.74, 6) is 1.73. The number of amides is 2. The summed E-state index contributed by atoms with van der Waals surface area (Å²) in [6.07, 6.45) is 5.62. The molecule has 1 heterocycles. The van der Waals surface area contributed by atoms with Gasteiger partial charge in [-0.2, -0.15) is 0 Å². The van der Waals surface area contributed by atoms with Crippen molar-refractivity contribution < 1.29 is 9.59 Å². The summed E-state index contributed by atoms with van der Waals surface area (Å²) in [5, 5.41) is 3.27. The molecule has 4 aliphatic carbocycles. The van der Waals surface area contributed by atoms with Crippen LogP contribution in [0.1, 0.15) is 12.0 Å². The number of carbonyl (C=O) groups excluding carboxylic acids is 2. The second kappa shape index (κ2) is 4.94. The number of hydrogen-bond donors (Lipinski definition) is 1. The molecule has 0 unspecified atom stereocenters. The Labute approximate surface area is 149 Å². The monoisotopic (exact) mass is 386 g/mol. The average molecular weight is 387 g/mol. The standard InChI is InChI=1S/C19H19BrN2O2/c1-9-6-10(20)2-5-15(9)21-8-22-18(23)16-11-3-4-12(14-7-13(11)14)17(16)19(22)24/h2-6,11-14,16-17,21H,7-8H2,1H3/t11-,12-,13-,14+,16-,17+/m1/s1. The summed E-state index contributed by atoms with van der Waals surface area (Å²) in [6, 6.07) is 5.95. The van der Waals surface area contributed by atoms with Crippen LogP contribution in [0.2, 0.25) is 0 Å². The van der Waals surface area contributed by atoms with Crippen molar-refractivity contribution in [2.45, 2.75) is 13.3 Å². The lowest BCUT2D eigenvalue weighted by atomic mass is 9.63. The van der Waals surface area contributed by atoms with Crippen LogP contribution in [0.3, 0.4) is 0 Å². The minimum Gasteiger partial charge on any atom is -0.367 e. The predicted molar refractivity (Wildman–Crippen MR) is 93.9 cm³/mol. The smallest absolute Gasteiger partial charge is 0.235 e. The van der Waals surface area contributed by atoms with Crippen LogP contribution in [0, 0.1) is 42.4 Å². The molecule has 24 heavy (non-hydrogen) atoms. The third-order valence-corrected chi connectivity index (χ3v) is 6.86. The molecule has 1 aromatic carbocycles. The number of likely N-dealkylation sites (tertiary alicyclic amines) is 1. The Bertz CT molecular complexity index is 754. The first-order valence-corrected chi connectivity index (χ1v) is 9.39. The van der Waals surface area contributed by atoms with E-state index in [0.717, 1.165) is 15.7 Å². The van der Waals surface area contributed by atoms with E-state index < -0.39 is 0 Å². The highest BCUT2D eigenvalue weighted by molar-refractivity contribution is 9.10. The van der Waals surface area contributed by atoms with Gasteiger partial charge in [0.05, 0.1) is 18.5 Å². The van der Waals surface area contributed by atoms with E-state index >= 15 is 0 Å². The predicted octanol–water partition coefficient (Wildman–Crippen LogP) is 3.18. The number of rotatable bonds is 3. The fourth-order valence-electron chi connectivity index (χ4n) is 5.16. The van der Waals surface area contributed by atoms with Crippen LogP contribution in [0.5, 0.6) is 0 Å². The van der Waals surface area contributed by atoms with Gasteiger partial charge in [0.15, 0.2) is 0 Å². The molecule has 2 bridgehead atoms. The van der Waals surface area contributed by atoms with E-state index in [1.54, 1.807) is 0 Å². The summed E-state index contributed by atoms with van der Waals surface area (Å²) in [5.41, 5.74) is 2.04. The maximum absolute atomic E-state index is 12.9. The van der Waals surface area contributed by atoms with Crippen molar-refractivity contribution in [1.82, 2.24) is 4.90 Å². The zero-order valence-electron chi connectivity index (χ0n) is 13.4.